The zero-order valence-corrected chi connectivity index (χ0v) is 16.0. The molecule has 1 heterocycles. The second kappa shape index (κ2) is 9.87. The maximum absolute atomic E-state index is 12.8. The number of hydrogen-bond acceptors (Lipinski definition) is 6. The summed E-state index contributed by atoms with van der Waals surface area (Å²) in [7, 11) is -2.03. The predicted molar refractivity (Wildman–Crippen MR) is 101 cm³/mol. The van der Waals surface area contributed by atoms with Crippen LogP contribution in [0.25, 0.3) is 10.4 Å². The predicted octanol–water partition coefficient (Wildman–Crippen LogP) is 2.50. The summed E-state index contributed by atoms with van der Waals surface area (Å²) in [5.74, 6) is -0.536. The molecule has 0 radical (unpaired) electrons. The second-order valence-electron chi connectivity index (χ2n) is 6.50. The molecule has 9 heteroatoms. The highest BCUT2D eigenvalue weighted by Gasteiger charge is 2.46. The maximum atomic E-state index is 12.8. The molecule has 148 valence electrons. The topological polar surface area (TPSA) is 122 Å². The van der Waals surface area contributed by atoms with Gasteiger partial charge in [0.05, 0.1) is 41.6 Å². The van der Waals surface area contributed by atoms with Crippen molar-refractivity contribution in [3.63, 3.8) is 0 Å². The summed E-state index contributed by atoms with van der Waals surface area (Å²) in [5.41, 5.74) is 8.38. The minimum Gasteiger partial charge on any atom is -0.393 e. The van der Waals surface area contributed by atoms with E-state index < -0.39 is 34.1 Å². The van der Waals surface area contributed by atoms with Crippen LogP contribution in [-0.2, 0) is 19.3 Å². The van der Waals surface area contributed by atoms with Gasteiger partial charge < -0.3 is 14.6 Å². The number of benzene rings is 1. The number of methoxy groups -OCH3 is 1. The van der Waals surface area contributed by atoms with E-state index in [9.17, 15) is 13.5 Å². The van der Waals surface area contributed by atoms with Crippen molar-refractivity contribution in [2.75, 3.05) is 19.4 Å². The van der Waals surface area contributed by atoms with Crippen LogP contribution in [0, 0.1) is 5.92 Å². The number of rotatable bonds is 10. The van der Waals surface area contributed by atoms with Crippen LogP contribution in [0.1, 0.15) is 12.8 Å². The molecule has 0 bridgehead atoms. The molecule has 0 saturated carbocycles. The van der Waals surface area contributed by atoms with Gasteiger partial charge in [0.15, 0.2) is 9.84 Å². The van der Waals surface area contributed by atoms with E-state index in [1.54, 1.807) is 36.4 Å². The Balaban J connectivity index is 2.20. The number of nitrogens with zero attached hydrogens (tertiary/aromatic N) is 3. The average Bonchev–Trinajstić information content (AvgIpc) is 2.96. The van der Waals surface area contributed by atoms with E-state index in [0.29, 0.717) is 6.42 Å². The smallest absolute Gasteiger partial charge is 0.178 e. The summed E-state index contributed by atoms with van der Waals surface area (Å²) in [6, 6.07) is 8.26. The van der Waals surface area contributed by atoms with Crippen LogP contribution in [0.15, 0.2) is 53.0 Å². The first-order chi connectivity index (χ1) is 12.9. The zero-order chi connectivity index (χ0) is 19.9. The Labute approximate surface area is 159 Å². The fraction of sp³-hybridized carbons (Fsp3) is 0.556. The normalized spacial score (nSPS) is 26.3. The van der Waals surface area contributed by atoms with Crippen LogP contribution in [0.5, 0.6) is 0 Å². The minimum atomic E-state index is -3.53. The number of azide groups is 1. The highest BCUT2D eigenvalue weighted by atomic mass is 32.2. The Morgan fingerprint density at radius 2 is 2.11 bits per heavy atom. The summed E-state index contributed by atoms with van der Waals surface area (Å²) in [5, 5.41) is 13.4. The van der Waals surface area contributed by atoms with Crippen LogP contribution in [0.4, 0.5) is 0 Å². The number of sulfone groups is 1. The van der Waals surface area contributed by atoms with Crippen molar-refractivity contribution >= 4 is 9.84 Å². The highest BCUT2D eigenvalue weighted by Crippen LogP contribution is 2.35. The minimum absolute atomic E-state index is 0.0775. The Hall–Kier alpha value is -1.90. The van der Waals surface area contributed by atoms with Crippen LogP contribution in [0.2, 0.25) is 0 Å². The van der Waals surface area contributed by atoms with Gasteiger partial charge in [0, 0.05) is 24.4 Å². The van der Waals surface area contributed by atoms with Gasteiger partial charge in [-0.05, 0) is 24.1 Å². The monoisotopic (exact) mass is 395 g/mol. The molecule has 0 aromatic heterocycles. The van der Waals surface area contributed by atoms with E-state index in [1.165, 1.54) is 7.11 Å². The summed E-state index contributed by atoms with van der Waals surface area (Å²) >= 11 is 0. The zero-order valence-electron chi connectivity index (χ0n) is 15.2. The van der Waals surface area contributed by atoms with Gasteiger partial charge in [-0.1, -0.05) is 29.4 Å². The molecule has 2 rings (SSSR count). The van der Waals surface area contributed by atoms with E-state index in [4.69, 9.17) is 15.0 Å². The summed E-state index contributed by atoms with van der Waals surface area (Å²) < 4.78 is 37.2. The molecular weight excluding hydrogens is 370 g/mol. The molecule has 5 atom stereocenters. The molecule has 8 nitrogen and oxygen atoms in total. The van der Waals surface area contributed by atoms with E-state index >= 15 is 0 Å². The van der Waals surface area contributed by atoms with E-state index in [2.05, 4.69) is 16.6 Å². The van der Waals surface area contributed by atoms with Gasteiger partial charge in [-0.25, -0.2) is 8.42 Å². The molecule has 1 aromatic carbocycles. The second-order valence-corrected chi connectivity index (χ2v) is 8.53. The van der Waals surface area contributed by atoms with Gasteiger partial charge in [-0.15, -0.1) is 6.58 Å². The Morgan fingerprint density at radius 3 is 2.70 bits per heavy atom. The lowest BCUT2D eigenvalue weighted by molar-refractivity contribution is -0.0294. The molecule has 27 heavy (non-hydrogen) atoms. The third-order valence-corrected chi connectivity index (χ3v) is 6.48. The largest absolute Gasteiger partial charge is 0.393 e. The summed E-state index contributed by atoms with van der Waals surface area (Å²) in [6.07, 6.45) is 0.0531. The van der Waals surface area contributed by atoms with E-state index in [-0.39, 0.29) is 29.7 Å². The lowest BCUT2D eigenvalue weighted by Gasteiger charge is -2.23. The Bertz CT molecular complexity index is 764. The average molecular weight is 395 g/mol. The van der Waals surface area contributed by atoms with Crippen molar-refractivity contribution in [2.45, 2.75) is 42.2 Å². The lowest BCUT2D eigenvalue weighted by atomic mass is 9.94. The summed E-state index contributed by atoms with van der Waals surface area (Å²) in [4.78, 5) is 2.88. The molecule has 0 spiro atoms. The van der Waals surface area contributed by atoms with Crippen molar-refractivity contribution in [2.24, 2.45) is 11.0 Å². The van der Waals surface area contributed by atoms with Gasteiger partial charge >= 0.3 is 0 Å². The van der Waals surface area contributed by atoms with Gasteiger partial charge in [0.1, 0.15) is 0 Å². The molecule has 1 aliphatic rings. The number of aliphatic hydroxyl groups excluding tert-OH is 1. The maximum Gasteiger partial charge on any atom is 0.178 e. The Morgan fingerprint density at radius 1 is 1.41 bits per heavy atom. The molecule has 1 aromatic rings. The van der Waals surface area contributed by atoms with Gasteiger partial charge in [-0.3, -0.25) is 0 Å². The van der Waals surface area contributed by atoms with Crippen LogP contribution >= 0.6 is 0 Å². The number of aliphatic hydroxyl groups is 1. The van der Waals surface area contributed by atoms with Crippen molar-refractivity contribution in [3.8, 4) is 0 Å². The summed E-state index contributed by atoms with van der Waals surface area (Å²) in [6.45, 7) is 3.64. The van der Waals surface area contributed by atoms with E-state index in [0.717, 1.165) is 0 Å². The van der Waals surface area contributed by atoms with Crippen LogP contribution < -0.4 is 0 Å². The van der Waals surface area contributed by atoms with Crippen molar-refractivity contribution in [3.05, 3.63) is 53.4 Å². The first kappa shape index (κ1) is 21.4. The SMILES string of the molecule is C=CCC1OC(C[C@H](O)CN=[N+]=[N-])[C@H](OC)[C@H]1CS(=O)(=O)c1ccccc1. The third-order valence-electron chi connectivity index (χ3n) is 4.66. The van der Waals surface area contributed by atoms with Crippen LogP contribution in [-0.4, -0.2) is 57.3 Å². The molecule has 1 fully saturated rings. The first-order valence-electron chi connectivity index (χ1n) is 8.68. The van der Waals surface area contributed by atoms with Gasteiger partial charge in [-0.2, -0.15) is 0 Å². The first-order valence-corrected chi connectivity index (χ1v) is 10.3. The van der Waals surface area contributed by atoms with E-state index in [1.807, 2.05) is 0 Å². The fourth-order valence-corrected chi connectivity index (χ4v) is 5.13. The molecule has 0 aliphatic carbocycles. The van der Waals surface area contributed by atoms with Gasteiger partial charge in [0.2, 0.25) is 0 Å². The molecular formula is C18H25N3O5S. The highest BCUT2D eigenvalue weighted by molar-refractivity contribution is 7.91. The number of ether oxygens (including phenoxy) is 2. The van der Waals surface area contributed by atoms with Gasteiger partial charge in [0.25, 0.3) is 0 Å². The Kier molecular flexibility index (Phi) is 7.82. The fourth-order valence-electron chi connectivity index (χ4n) is 3.45. The third kappa shape index (κ3) is 5.54. The van der Waals surface area contributed by atoms with Crippen molar-refractivity contribution in [1.29, 1.82) is 0 Å². The molecule has 0 amide bonds. The standard InChI is InChI=1S/C18H25N3O5S/c1-3-7-16-15(12-27(23,24)14-8-5-4-6-9-14)18(25-2)17(26-16)10-13(22)11-20-21-19/h3-6,8-9,13,15-18,22H,1,7,10-12H2,2H3/t13-,15-,16?,17?,18+/m0/s1. The van der Waals surface area contributed by atoms with Crippen molar-refractivity contribution < 1.29 is 23.0 Å². The molecule has 1 N–H and O–H groups in total. The molecule has 1 saturated heterocycles. The lowest BCUT2D eigenvalue weighted by Crippen LogP contribution is -2.36. The molecule has 1 aliphatic heterocycles. The number of hydrogen-bond donors (Lipinski definition) is 1. The quantitative estimate of drug-likeness (QED) is 0.282. The van der Waals surface area contributed by atoms with Crippen LogP contribution in [0.3, 0.4) is 0 Å². The van der Waals surface area contributed by atoms with Crippen molar-refractivity contribution in [1.82, 2.24) is 0 Å². The molecule has 2 unspecified atom stereocenters.